The van der Waals surface area contributed by atoms with Crippen molar-refractivity contribution in [2.75, 3.05) is 0 Å². The van der Waals surface area contributed by atoms with Gasteiger partial charge in [-0.15, -0.1) is 0 Å². The molecule has 0 fully saturated rings. The van der Waals surface area contributed by atoms with Crippen LogP contribution in [0.3, 0.4) is 0 Å². The predicted molar refractivity (Wildman–Crippen MR) is 122 cm³/mol. The zero-order valence-electron chi connectivity index (χ0n) is 17.6. The van der Waals surface area contributed by atoms with E-state index in [4.69, 9.17) is 9.47 Å². The van der Waals surface area contributed by atoms with Crippen LogP contribution in [-0.4, -0.2) is 17.5 Å². The third-order valence-electron chi connectivity index (χ3n) is 5.35. The Morgan fingerprint density at radius 1 is 0.935 bits per heavy atom. The minimum atomic E-state index is -1.38. The summed E-state index contributed by atoms with van der Waals surface area (Å²) in [7, 11) is 0. The van der Waals surface area contributed by atoms with Gasteiger partial charge in [0.15, 0.2) is 0 Å². The zero-order valence-corrected chi connectivity index (χ0v) is 19.2. The molecular weight excluding hydrogens is 456 g/mol. The molecule has 3 aromatic rings. The van der Waals surface area contributed by atoms with Crippen molar-refractivity contribution in [1.29, 1.82) is 0 Å². The summed E-state index contributed by atoms with van der Waals surface area (Å²) in [6, 6.07) is 24.1. The van der Waals surface area contributed by atoms with Gasteiger partial charge in [-0.05, 0) is 53.9 Å². The Balaban J connectivity index is 2.06. The van der Waals surface area contributed by atoms with Crippen LogP contribution in [0.2, 0.25) is 0 Å². The molecule has 2 atom stereocenters. The van der Waals surface area contributed by atoms with E-state index in [1.54, 1.807) is 0 Å². The van der Waals surface area contributed by atoms with Crippen LogP contribution in [0.15, 0.2) is 83.3 Å². The largest absolute Gasteiger partial charge is 0.459 e. The molecule has 0 aliphatic carbocycles. The van der Waals surface area contributed by atoms with Gasteiger partial charge in [0.05, 0.1) is 4.47 Å². The topological polar surface area (TPSA) is 52.6 Å². The number of para-hydroxylation sites is 1. The smallest absolute Gasteiger partial charge is 0.327 e. The molecule has 0 amide bonds. The maximum atomic E-state index is 13.7. The van der Waals surface area contributed by atoms with Crippen LogP contribution in [0.5, 0.6) is 5.75 Å². The molecular formula is C26H23BrO4. The Bertz CT molecular complexity index is 1120. The Kier molecular flexibility index (Phi) is 5.48. The van der Waals surface area contributed by atoms with Crippen molar-refractivity contribution < 1.29 is 19.1 Å². The molecule has 0 N–H and O–H groups in total. The molecule has 0 bridgehead atoms. The normalized spacial score (nSPS) is 18.8. The van der Waals surface area contributed by atoms with Gasteiger partial charge in [-0.2, -0.15) is 0 Å². The van der Waals surface area contributed by atoms with Gasteiger partial charge in [0.2, 0.25) is 0 Å². The second-order valence-corrected chi connectivity index (χ2v) is 9.41. The minimum absolute atomic E-state index is 0.431. The lowest BCUT2D eigenvalue weighted by atomic mass is 9.64. The highest BCUT2D eigenvalue weighted by atomic mass is 79.9. The highest BCUT2D eigenvalue weighted by molar-refractivity contribution is 9.10. The lowest BCUT2D eigenvalue weighted by molar-refractivity contribution is -0.161. The number of carbonyl (C=O) groups is 2. The number of benzene rings is 3. The first-order valence-electron chi connectivity index (χ1n) is 10.1. The third kappa shape index (κ3) is 3.68. The van der Waals surface area contributed by atoms with Gasteiger partial charge < -0.3 is 9.47 Å². The molecule has 0 saturated carbocycles. The van der Waals surface area contributed by atoms with Crippen LogP contribution in [0, 0.1) is 0 Å². The van der Waals surface area contributed by atoms with Crippen molar-refractivity contribution in [3.8, 4) is 5.75 Å². The lowest BCUT2D eigenvalue weighted by Gasteiger charge is -2.35. The maximum absolute atomic E-state index is 13.7. The van der Waals surface area contributed by atoms with Crippen LogP contribution in [-0.2, 0) is 19.7 Å². The fourth-order valence-electron chi connectivity index (χ4n) is 4.19. The van der Waals surface area contributed by atoms with E-state index >= 15 is 0 Å². The molecule has 4 rings (SSSR count). The number of ether oxygens (including phenoxy) is 2. The molecule has 0 saturated heterocycles. The highest BCUT2D eigenvalue weighted by Crippen LogP contribution is 2.55. The number of rotatable bonds is 4. The van der Waals surface area contributed by atoms with Crippen molar-refractivity contribution in [2.24, 2.45) is 0 Å². The van der Waals surface area contributed by atoms with Crippen LogP contribution >= 0.6 is 15.9 Å². The van der Waals surface area contributed by atoms with Crippen molar-refractivity contribution in [3.63, 3.8) is 0 Å². The molecule has 1 aliphatic heterocycles. The Labute approximate surface area is 190 Å². The molecule has 0 unspecified atom stereocenters. The van der Waals surface area contributed by atoms with Gasteiger partial charge in [0, 0.05) is 5.56 Å². The second kappa shape index (κ2) is 7.97. The molecule has 31 heavy (non-hydrogen) atoms. The van der Waals surface area contributed by atoms with E-state index in [1.807, 2.05) is 99.6 Å². The number of halogens is 1. The second-order valence-electron chi connectivity index (χ2n) is 8.56. The summed E-state index contributed by atoms with van der Waals surface area (Å²) >= 11 is 3.50. The van der Waals surface area contributed by atoms with Gasteiger partial charge in [0.25, 0.3) is 0 Å². The first-order chi connectivity index (χ1) is 14.7. The molecule has 1 aliphatic rings. The van der Waals surface area contributed by atoms with Crippen molar-refractivity contribution in [2.45, 2.75) is 37.7 Å². The van der Waals surface area contributed by atoms with E-state index in [1.165, 1.54) is 0 Å². The quantitative estimate of drug-likeness (QED) is 0.352. The van der Waals surface area contributed by atoms with Crippen molar-refractivity contribution in [3.05, 3.63) is 100 Å². The van der Waals surface area contributed by atoms with Crippen molar-refractivity contribution in [1.82, 2.24) is 0 Å². The Morgan fingerprint density at radius 2 is 1.55 bits per heavy atom. The maximum Gasteiger partial charge on any atom is 0.327 e. The summed E-state index contributed by atoms with van der Waals surface area (Å²) in [4.78, 5) is 27.5. The average Bonchev–Trinajstić information content (AvgIpc) is 3.03. The average molecular weight is 479 g/mol. The van der Waals surface area contributed by atoms with Crippen LogP contribution in [0.25, 0.3) is 0 Å². The van der Waals surface area contributed by atoms with E-state index in [9.17, 15) is 9.59 Å². The standard InChI is InChI=1S/C26H23BrO4/c1-25(2,3)31-23(28)21(17-11-6-4-7-12-17)26(18-13-8-5-9-14-18)19-15-10-16-20(27)22(19)30-24(26)29/h4-16,21H,1-3H3/t21-,26+/m1/s1. The van der Waals surface area contributed by atoms with E-state index < -0.39 is 28.9 Å². The predicted octanol–water partition coefficient (Wildman–Crippen LogP) is 5.78. The van der Waals surface area contributed by atoms with E-state index in [0.717, 1.165) is 0 Å². The number of hydrogen-bond donors (Lipinski definition) is 0. The molecule has 0 radical (unpaired) electrons. The van der Waals surface area contributed by atoms with Crippen LogP contribution in [0.4, 0.5) is 0 Å². The van der Waals surface area contributed by atoms with Gasteiger partial charge >= 0.3 is 11.9 Å². The molecule has 0 aromatic heterocycles. The molecule has 5 heteroatoms. The fourth-order valence-corrected chi connectivity index (χ4v) is 4.64. The number of hydrogen-bond acceptors (Lipinski definition) is 4. The molecule has 0 spiro atoms. The zero-order chi connectivity index (χ0) is 22.2. The van der Waals surface area contributed by atoms with E-state index in [-0.39, 0.29) is 0 Å². The molecule has 158 valence electrons. The summed E-state index contributed by atoms with van der Waals surface area (Å²) < 4.78 is 12.3. The minimum Gasteiger partial charge on any atom is -0.459 e. The monoisotopic (exact) mass is 478 g/mol. The number of carbonyl (C=O) groups excluding carboxylic acids is 2. The number of fused-ring (bicyclic) bond motifs is 1. The molecule has 4 nitrogen and oxygen atoms in total. The Morgan fingerprint density at radius 3 is 2.16 bits per heavy atom. The molecule has 1 heterocycles. The summed E-state index contributed by atoms with van der Waals surface area (Å²) in [5.41, 5.74) is -0.103. The fraction of sp³-hybridized carbons (Fsp3) is 0.231. The summed E-state index contributed by atoms with van der Waals surface area (Å²) in [5.74, 6) is -1.48. The lowest BCUT2D eigenvalue weighted by Crippen LogP contribution is -2.46. The van der Waals surface area contributed by atoms with Crippen LogP contribution < -0.4 is 4.74 Å². The molecule has 3 aromatic carbocycles. The summed E-state index contributed by atoms with van der Waals surface area (Å²) in [6.45, 7) is 5.46. The van der Waals surface area contributed by atoms with Gasteiger partial charge in [-0.1, -0.05) is 72.8 Å². The highest BCUT2D eigenvalue weighted by Gasteiger charge is 2.60. The first kappa shape index (κ1) is 21.3. The summed E-state index contributed by atoms with van der Waals surface area (Å²) in [5, 5.41) is 0. The van der Waals surface area contributed by atoms with Gasteiger partial charge in [0.1, 0.15) is 22.7 Å². The third-order valence-corrected chi connectivity index (χ3v) is 5.97. The SMILES string of the molecule is CC(C)(C)OC(=O)[C@@H](c1ccccc1)[C@@]1(c2ccccc2)C(=O)Oc2c(Br)cccc21. The van der Waals surface area contributed by atoms with Crippen molar-refractivity contribution >= 4 is 27.9 Å². The van der Waals surface area contributed by atoms with Crippen LogP contribution in [0.1, 0.15) is 43.4 Å². The van der Waals surface area contributed by atoms with E-state index in [2.05, 4.69) is 15.9 Å². The van der Waals surface area contributed by atoms with Gasteiger partial charge in [-0.3, -0.25) is 9.59 Å². The number of esters is 2. The summed E-state index contributed by atoms with van der Waals surface area (Å²) in [6.07, 6.45) is 0. The Hall–Kier alpha value is -2.92. The first-order valence-corrected chi connectivity index (χ1v) is 10.9. The van der Waals surface area contributed by atoms with Gasteiger partial charge in [-0.25, -0.2) is 0 Å². The van der Waals surface area contributed by atoms with E-state index in [0.29, 0.717) is 26.9 Å².